The SMILES string of the molecule is O=C(CCC1CCCNC1)Cc1nccs1. The fraction of sp³-hybridized carbons (Fsp3) is 0.667. The zero-order valence-corrected chi connectivity index (χ0v) is 10.3. The van der Waals surface area contributed by atoms with Gasteiger partial charge in [-0.05, 0) is 38.3 Å². The largest absolute Gasteiger partial charge is 0.316 e. The molecule has 3 nitrogen and oxygen atoms in total. The molecule has 1 fully saturated rings. The summed E-state index contributed by atoms with van der Waals surface area (Å²) in [6.07, 6.45) is 6.57. The third-order valence-electron chi connectivity index (χ3n) is 3.06. The summed E-state index contributed by atoms with van der Waals surface area (Å²) in [5.41, 5.74) is 0. The van der Waals surface area contributed by atoms with Crippen molar-refractivity contribution in [3.05, 3.63) is 16.6 Å². The average Bonchev–Trinajstić information content (AvgIpc) is 2.81. The van der Waals surface area contributed by atoms with E-state index in [2.05, 4.69) is 10.3 Å². The zero-order chi connectivity index (χ0) is 11.2. The predicted molar refractivity (Wildman–Crippen MR) is 65.7 cm³/mol. The van der Waals surface area contributed by atoms with Crippen LogP contribution in [-0.2, 0) is 11.2 Å². The molecule has 0 aliphatic carbocycles. The molecule has 4 heteroatoms. The Morgan fingerprint density at radius 2 is 2.56 bits per heavy atom. The Hall–Kier alpha value is -0.740. The number of hydrogen-bond acceptors (Lipinski definition) is 4. The summed E-state index contributed by atoms with van der Waals surface area (Å²) in [6.45, 7) is 2.23. The molecule has 1 unspecified atom stereocenters. The summed E-state index contributed by atoms with van der Waals surface area (Å²) >= 11 is 1.57. The molecule has 0 radical (unpaired) electrons. The molecular formula is C12H18N2OS. The zero-order valence-electron chi connectivity index (χ0n) is 9.45. The fourth-order valence-corrected chi connectivity index (χ4v) is 2.78. The van der Waals surface area contributed by atoms with Crippen LogP contribution in [0.25, 0.3) is 0 Å². The molecule has 1 atom stereocenters. The van der Waals surface area contributed by atoms with Crippen molar-refractivity contribution in [2.24, 2.45) is 5.92 Å². The minimum absolute atomic E-state index is 0.334. The normalized spacial score (nSPS) is 20.9. The van der Waals surface area contributed by atoms with Crippen LogP contribution in [-0.4, -0.2) is 23.9 Å². The lowest BCUT2D eigenvalue weighted by Gasteiger charge is -2.22. The number of thiazole rings is 1. The summed E-state index contributed by atoms with van der Waals surface area (Å²) in [5.74, 6) is 1.04. The van der Waals surface area contributed by atoms with Crippen LogP contribution in [0.3, 0.4) is 0 Å². The molecule has 0 spiro atoms. The van der Waals surface area contributed by atoms with E-state index in [0.29, 0.717) is 24.5 Å². The lowest BCUT2D eigenvalue weighted by molar-refractivity contribution is -0.118. The Morgan fingerprint density at radius 1 is 1.62 bits per heavy atom. The molecule has 0 aromatic carbocycles. The van der Waals surface area contributed by atoms with E-state index in [4.69, 9.17) is 0 Å². The Labute approximate surface area is 100 Å². The standard InChI is InChI=1S/C12H18N2OS/c15-11(8-12-14-6-7-16-12)4-3-10-2-1-5-13-9-10/h6-7,10,13H,1-5,8-9H2. The summed E-state index contributed by atoms with van der Waals surface area (Å²) in [5, 5.41) is 6.26. The highest BCUT2D eigenvalue weighted by molar-refractivity contribution is 7.09. The second-order valence-electron chi connectivity index (χ2n) is 4.39. The highest BCUT2D eigenvalue weighted by Gasteiger charge is 2.14. The number of Topliss-reactive ketones (excluding diaryl/α,β-unsaturated/α-hetero) is 1. The molecular weight excluding hydrogens is 220 g/mol. The van der Waals surface area contributed by atoms with Crippen LogP contribution in [0.15, 0.2) is 11.6 Å². The summed E-state index contributed by atoms with van der Waals surface area (Å²) in [6, 6.07) is 0. The van der Waals surface area contributed by atoms with Crippen molar-refractivity contribution in [1.82, 2.24) is 10.3 Å². The van der Waals surface area contributed by atoms with Gasteiger partial charge in [-0.2, -0.15) is 0 Å². The molecule has 1 aromatic heterocycles. The first kappa shape index (κ1) is 11.7. The molecule has 16 heavy (non-hydrogen) atoms. The van der Waals surface area contributed by atoms with Gasteiger partial charge >= 0.3 is 0 Å². The van der Waals surface area contributed by atoms with Crippen LogP contribution in [0.4, 0.5) is 0 Å². The first-order valence-corrected chi connectivity index (χ1v) is 6.83. The molecule has 2 rings (SSSR count). The van der Waals surface area contributed by atoms with Crippen LogP contribution >= 0.6 is 11.3 Å². The van der Waals surface area contributed by atoms with Crippen LogP contribution < -0.4 is 5.32 Å². The van der Waals surface area contributed by atoms with Crippen molar-refractivity contribution in [2.75, 3.05) is 13.1 Å². The molecule has 1 aliphatic rings. The van der Waals surface area contributed by atoms with E-state index < -0.39 is 0 Å². The van der Waals surface area contributed by atoms with Crippen LogP contribution in [0.1, 0.15) is 30.7 Å². The van der Waals surface area contributed by atoms with Crippen molar-refractivity contribution in [3.63, 3.8) is 0 Å². The van der Waals surface area contributed by atoms with Crippen molar-refractivity contribution in [3.8, 4) is 0 Å². The van der Waals surface area contributed by atoms with E-state index in [-0.39, 0.29) is 0 Å². The molecule has 2 heterocycles. The average molecular weight is 238 g/mol. The summed E-state index contributed by atoms with van der Waals surface area (Å²) in [7, 11) is 0. The van der Waals surface area contributed by atoms with Gasteiger partial charge in [-0.25, -0.2) is 4.98 Å². The molecule has 0 bridgehead atoms. The van der Waals surface area contributed by atoms with Gasteiger partial charge in [0.2, 0.25) is 0 Å². The molecule has 88 valence electrons. The van der Waals surface area contributed by atoms with Gasteiger partial charge in [-0.3, -0.25) is 4.79 Å². The van der Waals surface area contributed by atoms with Crippen LogP contribution in [0, 0.1) is 5.92 Å². The van der Waals surface area contributed by atoms with Gasteiger partial charge in [0.05, 0.1) is 11.4 Å². The van der Waals surface area contributed by atoms with E-state index in [1.165, 1.54) is 12.8 Å². The van der Waals surface area contributed by atoms with Crippen molar-refractivity contribution >= 4 is 17.1 Å². The second kappa shape index (κ2) is 6.11. The lowest BCUT2D eigenvalue weighted by Crippen LogP contribution is -2.30. The smallest absolute Gasteiger partial charge is 0.139 e. The molecule has 1 N–H and O–H groups in total. The predicted octanol–water partition coefficient (Wildman–Crippen LogP) is 2.03. The number of aromatic nitrogens is 1. The highest BCUT2D eigenvalue weighted by Crippen LogP contribution is 2.17. The molecule has 0 saturated carbocycles. The number of rotatable bonds is 5. The highest BCUT2D eigenvalue weighted by atomic mass is 32.1. The molecule has 1 aromatic rings. The topological polar surface area (TPSA) is 42.0 Å². The maximum atomic E-state index is 11.7. The number of piperidine rings is 1. The number of nitrogens with one attached hydrogen (secondary N) is 1. The minimum atomic E-state index is 0.334. The van der Waals surface area contributed by atoms with Crippen molar-refractivity contribution in [1.29, 1.82) is 0 Å². The Balaban J connectivity index is 1.67. The third-order valence-corrected chi connectivity index (χ3v) is 3.84. The summed E-state index contributed by atoms with van der Waals surface area (Å²) in [4.78, 5) is 15.8. The van der Waals surface area contributed by atoms with Gasteiger partial charge in [0.15, 0.2) is 0 Å². The van der Waals surface area contributed by atoms with E-state index in [1.807, 2.05) is 5.38 Å². The minimum Gasteiger partial charge on any atom is -0.316 e. The van der Waals surface area contributed by atoms with E-state index in [9.17, 15) is 4.79 Å². The maximum Gasteiger partial charge on any atom is 0.139 e. The van der Waals surface area contributed by atoms with Gasteiger partial charge in [0.1, 0.15) is 5.78 Å². The second-order valence-corrected chi connectivity index (χ2v) is 5.37. The Kier molecular flexibility index (Phi) is 4.48. The van der Waals surface area contributed by atoms with Gasteiger partial charge in [-0.1, -0.05) is 0 Å². The van der Waals surface area contributed by atoms with Crippen molar-refractivity contribution < 1.29 is 4.79 Å². The van der Waals surface area contributed by atoms with E-state index in [1.54, 1.807) is 17.5 Å². The molecule has 1 aliphatic heterocycles. The first-order valence-electron chi connectivity index (χ1n) is 5.95. The Morgan fingerprint density at radius 3 is 3.25 bits per heavy atom. The monoisotopic (exact) mass is 238 g/mol. The van der Waals surface area contributed by atoms with Gasteiger partial charge in [-0.15, -0.1) is 11.3 Å². The number of hydrogen-bond donors (Lipinski definition) is 1. The maximum absolute atomic E-state index is 11.7. The van der Waals surface area contributed by atoms with Gasteiger partial charge in [0.25, 0.3) is 0 Å². The third kappa shape index (κ3) is 3.68. The van der Waals surface area contributed by atoms with Crippen molar-refractivity contribution in [2.45, 2.75) is 32.1 Å². The van der Waals surface area contributed by atoms with Gasteiger partial charge in [0, 0.05) is 18.0 Å². The number of ketones is 1. The summed E-state index contributed by atoms with van der Waals surface area (Å²) < 4.78 is 0. The quantitative estimate of drug-likeness (QED) is 0.853. The molecule has 0 amide bonds. The van der Waals surface area contributed by atoms with E-state index in [0.717, 1.165) is 24.5 Å². The number of carbonyl (C=O) groups is 1. The lowest BCUT2D eigenvalue weighted by atomic mass is 9.93. The molecule has 1 saturated heterocycles. The van der Waals surface area contributed by atoms with E-state index >= 15 is 0 Å². The van der Waals surface area contributed by atoms with Crippen LogP contribution in [0.2, 0.25) is 0 Å². The first-order chi connectivity index (χ1) is 7.84. The number of nitrogens with zero attached hydrogens (tertiary/aromatic N) is 1. The fourth-order valence-electron chi connectivity index (χ4n) is 2.13. The van der Waals surface area contributed by atoms with Gasteiger partial charge < -0.3 is 5.32 Å². The van der Waals surface area contributed by atoms with Crippen LogP contribution in [0.5, 0.6) is 0 Å². The number of carbonyl (C=O) groups excluding carboxylic acids is 1. The Bertz CT molecular complexity index is 318.